The van der Waals surface area contributed by atoms with E-state index >= 15 is 0 Å². The Morgan fingerprint density at radius 2 is 1.74 bits per heavy atom. The van der Waals surface area contributed by atoms with Gasteiger partial charge in [-0.3, -0.25) is 4.89 Å². The number of aliphatic hydroxyl groups is 1. The largest absolute Gasteiger partial charge is 0.396 e. The van der Waals surface area contributed by atoms with E-state index in [0.717, 1.165) is 25.7 Å². The van der Waals surface area contributed by atoms with Gasteiger partial charge in [-0.25, -0.2) is 4.79 Å². The van der Waals surface area contributed by atoms with E-state index in [2.05, 4.69) is 6.92 Å². The summed E-state index contributed by atoms with van der Waals surface area (Å²) >= 11 is 0. The fraction of sp³-hybridized carbons (Fsp3) is 0.933. The van der Waals surface area contributed by atoms with Gasteiger partial charge in [-0.15, -0.1) is 0 Å². The van der Waals surface area contributed by atoms with E-state index in [4.69, 9.17) is 14.9 Å². The van der Waals surface area contributed by atoms with E-state index in [1.807, 2.05) is 13.8 Å². The van der Waals surface area contributed by atoms with Crippen molar-refractivity contribution >= 4 is 5.97 Å². The maximum atomic E-state index is 11.6. The molecular formula is C15H30O4. The van der Waals surface area contributed by atoms with E-state index in [-0.39, 0.29) is 12.6 Å². The van der Waals surface area contributed by atoms with Crippen LogP contribution in [-0.2, 0) is 14.6 Å². The predicted molar refractivity (Wildman–Crippen MR) is 75.4 cm³/mol. The molecule has 0 aromatic carbocycles. The van der Waals surface area contributed by atoms with Gasteiger partial charge in [-0.05, 0) is 53.4 Å². The summed E-state index contributed by atoms with van der Waals surface area (Å²) in [5.41, 5.74) is -1.02. The summed E-state index contributed by atoms with van der Waals surface area (Å²) in [7, 11) is 0. The highest BCUT2D eigenvalue weighted by Gasteiger charge is 2.28. The molecule has 1 unspecified atom stereocenters. The summed E-state index contributed by atoms with van der Waals surface area (Å²) in [5.74, 6) is 0.159. The van der Waals surface area contributed by atoms with Gasteiger partial charge in [0.1, 0.15) is 5.60 Å². The van der Waals surface area contributed by atoms with Crippen molar-refractivity contribution < 1.29 is 19.7 Å². The van der Waals surface area contributed by atoms with Crippen LogP contribution in [0.4, 0.5) is 0 Å². The minimum absolute atomic E-state index is 0.240. The van der Waals surface area contributed by atoms with Gasteiger partial charge in [0.15, 0.2) is 0 Å². The summed E-state index contributed by atoms with van der Waals surface area (Å²) in [5, 5.41) is 8.84. The molecule has 0 spiro atoms. The first-order valence-electron chi connectivity index (χ1n) is 7.09. The molecule has 1 atom stereocenters. The first kappa shape index (κ1) is 18.4. The van der Waals surface area contributed by atoms with Gasteiger partial charge in [0.25, 0.3) is 0 Å². The Labute approximate surface area is 117 Å². The molecule has 0 saturated heterocycles. The molecule has 4 nitrogen and oxygen atoms in total. The van der Waals surface area contributed by atoms with E-state index in [1.165, 1.54) is 0 Å². The molecule has 0 aromatic heterocycles. The molecule has 0 bridgehead atoms. The van der Waals surface area contributed by atoms with Gasteiger partial charge in [0.2, 0.25) is 0 Å². The van der Waals surface area contributed by atoms with Gasteiger partial charge < -0.3 is 5.11 Å². The predicted octanol–water partition coefficient (Wildman–Crippen LogP) is 3.47. The fourth-order valence-electron chi connectivity index (χ4n) is 1.56. The van der Waals surface area contributed by atoms with Crippen LogP contribution in [0.5, 0.6) is 0 Å². The van der Waals surface area contributed by atoms with E-state index in [0.29, 0.717) is 5.92 Å². The standard InChI is InChI=1S/C15H30O4/c1-12(9-11-16)8-7-10-15(5,6)19-18-13(17)14(2,3)4/h12,16H,7-11H2,1-6H3. The van der Waals surface area contributed by atoms with Crippen molar-refractivity contribution in [3.63, 3.8) is 0 Å². The van der Waals surface area contributed by atoms with Crippen LogP contribution in [0.3, 0.4) is 0 Å². The number of rotatable bonds is 8. The molecule has 0 aliphatic heterocycles. The molecule has 0 aliphatic rings. The highest BCUT2D eigenvalue weighted by atomic mass is 17.2. The third-order valence-electron chi connectivity index (χ3n) is 3.05. The maximum Gasteiger partial charge on any atom is 0.347 e. The molecule has 0 amide bonds. The molecule has 0 heterocycles. The van der Waals surface area contributed by atoms with Crippen molar-refractivity contribution in [3.05, 3.63) is 0 Å². The molecule has 1 N–H and O–H groups in total. The molecule has 19 heavy (non-hydrogen) atoms. The zero-order chi connectivity index (χ0) is 15.1. The van der Waals surface area contributed by atoms with E-state index < -0.39 is 11.0 Å². The van der Waals surface area contributed by atoms with Crippen LogP contribution >= 0.6 is 0 Å². The van der Waals surface area contributed by atoms with Crippen LogP contribution in [0.2, 0.25) is 0 Å². The normalized spacial score (nSPS) is 14.3. The van der Waals surface area contributed by atoms with Gasteiger partial charge in [-0.2, -0.15) is 4.89 Å². The van der Waals surface area contributed by atoms with Crippen LogP contribution < -0.4 is 0 Å². The second-order valence-electron chi connectivity index (χ2n) is 6.97. The average molecular weight is 274 g/mol. The third kappa shape index (κ3) is 9.00. The van der Waals surface area contributed by atoms with Crippen molar-refractivity contribution in [2.24, 2.45) is 11.3 Å². The third-order valence-corrected chi connectivity index (χ3v) is 3.05. The molecule has 0 radical (unpaired) electrons. The molecule has 0 fully saturated rings. The Kier molecular flexibility index (Phi) is 7.60. The van der Waals surface area contributed by atoms with Crippen LogP contribution in [-0.4, -0.2) is 23.3 Å². The van der Waals surface area contributed by atoms with Crippen LogP contribution in [0.25, 0.3) is 0 Å². The smallest absolute Gasteiger partial charge is 0.347 e. The van der Waals surface area contributed by atoms with E-state index in [9.17, 15) is 4.79 Å². The Morgan fingerprint density at radius 3 is 2.21 bits per heavy atom. The second-order valence-corrected chi connectivity index (χ2v) is 6.97. The first-order valence-corrected chi connectivity index (χ1v) is 7.09. The van der Waals surface area contributed by atoms with Crippen LogP contribution in [0.1, 0.15) is 67.2 Å². The molecule has 0 saturated carbocycles. The number of carbonyl (C=O) groups is 1. The molecule has 0 aliphatic carbocycles. The Balaban J connectivity index is 3.96. The minimum atomic E-state index is -0.550. The Hall–Kier alpha value is -0.610. The number of carbonyl (C=O) groups excluding carboxylic acids is 1. The molecule has 0 aromatic rings. The highest BCUT2D eigenvalue weighted by molar-refractivity contribution is 5.74. The summed E-state index contributed by atoms with van der Waals surface area (Å²) < 4.78 is 0. The van der Waals surface area contributed by atoms with Gasteiger partial charge in [-0.1, -0.05) is 19.8 Å². The lowest BCUT2D eigenvalue weighted by Gasteiger charge is -2.25. The SMILES string of the molecule is CC(CCO)CCCC(C)(C)OOC(=O)C(C)(C)C. The van der Waals surface area contributed by atoms with Crippen LogP contribution in [0.15, 0.2) is 0 Å². The summed E-state index contributed by atoms with van der Waals surface area (Å²) in [6.45, 7) is 11.6. The van der Waals surface area contributed by atoms with Crippen molar-refractivity contribution in [2.75, 3.05) is 6.61 Å². The van der Waals surface area contributed by atoms with E-state index in [1.54, 1.807) is 20.8 Å². The Morgan fingerprint density at radius 1 is 1.16 bits per heavy atom. The quantitative estimate of drug-likeness (QED) is 0.544. The van der Waals surface area contributed by atoms with Crippen molar-refractivity contribution in [2.45, 2.75) is 72.8 Å². The summed E-state index contributed by atoms with van der Waals surface area (Å²) in [6.07, 6.45) is 3.68. The lowest BCUT2D eigenvalue weighted by atomic mass is 9.95. The second kappa shape index (κ2) is 7.85. The zero-order valence-electron chi connectivity index (χ0n) is 13.3. The molecule has 4 heteroatoms. The molecule has 0 rings (SSSR count). The number of hydrogen-bond acceptors (Lipinski definition) is 4. The van der Waals surface area contributed by atoms with Crippen molar-refractivity contribution in [3.8, 4) is 0 Å². The molecular weight excluding hydrogens is 244 g/mol. The van der Waals surface area contributed by atoms with Gasteiger partial charge >= 0.3 is 5.97 Å². The summed E-state index contributed by atoms with van der Waals surface area (Å²) in [4.78, 5) is 21.8. The lowest BCUT2D eigenvalue weighted by Crippen LogP contribution is -2.30. The monoisotopic (exact) mass is 274 g/mol. The Bertz CT molecular complexity index is 266. The number of hydrogen-bond donors (Lipinski definition) is 1. The zero-order valence-corrected chi connectivity index (χ0v) is 13.3. The van der Waals surface area contributed by atoms with Gasteiger partial charge in [0.05, 0.1) is 5.41 Å². The van der Waals surface area contributed by atoms with Crippen molar-refractivity contribution in [1.29, 1.82) is 0 Å². The van der Waals surface area contributed by atoms with Crippen LogP contribution in [0, 0.1) is 11.3 Å². The lowest BCUT2D eigenvalue weighted by molar-refractivity contribution is -0.331. The van der Waals surface area contributed by atoms with Gasteiger partial charge in [0, 0.05) is 6.61 Å². The summed E-state index contributed by atoms with van der Waals surface area (Å²) in [6, 6.07) is 0. The molecule has 114 valence electrons. The first-order chi connectivity index (χ1) is 8.58. The maximum absolute atomic E-state index is 11.6. The topological polar surface area (TPSA) is 55.8 Å². The minimum Gasteiger partial charge on any atom is -0.396 e. The van der Waals surface area contributed by atoms with Crippen molar-refractivity contribution in [1.82, 2.24) is 0 Å². The number of aliphatic hydroxyl groups excluding tert-OH is 1. The average Bonchev–Trinajstić information content (AvgIpc) is 2.24. The highest BCUT2D eigenvalue weighted by Crippen LogP contribution is 2.23. The fourth-order valence-corrected chi connectivity index (χ4v) is 1.56.